The quantitative estimate of drug-likeness (QED) is 0.727. The Balaban J connectivity index is 1.51. The smallest absolute Gasteiger partial charge is 0.402 e. The van der Waals surface area contributed by atoms with Crippen LogP contribution in [0.3, 0.4) is 0 Å². The van der Waals surface area contributed by atoms with E-state index in [-0.39, 0.29) is 7.12 Å². The minimum Gasteiger partial charge on any atom is -0.402 e. The normalized spacial score (nSPS) is 29.2. The summed E-state index contributed by atoms with van der Waals surface area (Å²) in [5.74, 6) is 1.42. The molecule has 1 aliphatic heterocycles. The largest absolute Gasteiger partial charge is 0.494 e. The summed E-state index contributed by atoms with van der Waals surface area (Å²) in [6.07, 6.45) is 15.3. The molecule has 1 aromatic rings. The topological polar surface area (TPSA) is 18.5 Å². The first-order chi connectivity index (χ1) is 12.3. The molecule has 2 aliphatic carbocycles. The van der Waals surface area contributed by atoms with Gasteiger partial charge in [-0.25, -0.2) is 0 Å². The predicted molar refractivity (Wildman–Crippen MR) is 104 cm³/mol. The molecule has 2 saturated carbocycles. The molecule has 4 rings (SSSR count). The summed E-state index contributed by atoms with van der Waals surface area (Å²) in [5.41, 5.74) is 2.59. The lowest BCUT2D eigenvalue weighted by Crippen LogP contribution is -2.38. The lowest BCUT2D eigenvalue weighted by atomic mass is 9.77. The van der Waals surface area contributed by atoms with Crippen LogP contribution in [-0.4, -0.2) is 19.3 Å². The zero-order chi connectivity index (χ0) is 17.1. The third kappa shape index (κ3) is 3.98. The van der Waals surface area contributed by atoms with Crippen molar-refractivity contribution in [3.63, 3.8) is 0 Å². The van der Waals surface area contributed by atoms with Crippen molar-refractivity contribution in [2.75, 3.05) is 0 Å². The Hall–Kier alpha value is -0.795. The highest BCUT2D eigenvalue weighted by molar-refractivity contribution is 6.61. The maximum Gasteiger partial charge on any atom is 0.494 e. The van der Waals surface area contributed by atoms with Gasteiger partial charge < -0.3 is 9.31 Å². The molecule has 0 bridgehead atoms. The van der Waals surface area contributed by atoms with Crippen LogP contribution in [0.4, 0.5) is 0 Å². The standard InChI is InChI=1S/C22H33BO2/c1-2-17-13-15-20(16-14-17)23-24-21(18-9-5-3-6-10-18)22(25-23)19-11-7-4-8-12-19/h13-16,18-19,21-22H,2-12H2,1H3. The average molecular weight is 340 g/mol. The van der Waals surface area contributed by atoms with Gasteiger partial charge in [0.15, 0.2) is 0 Å². The molecular formula is C22H33BO2. The van der Waals surface area contributed by atoms with Crippen LogP contribution in [0.25, 0.3) is 0 Å². The summed E-state index contributed by atoms with van der Waals surface area (Å²) in [6, 6.07) is 8.88. The average Bonchev–Trinajstić information content (AvgIpc) is 3.15. The second-order valence-corrected chi connectivity index (χ2v) is 8.42. The van der Waals surface area contributed by atoms with Gasteiger partial charge >= 0.3 is 7.12 Å². The first-order valence-corrected chi connectivity index (χ1v) is 10.7. The number of rotatable bonds is 4. The second-order valence-electron chi connectivity index (χ2n) is 8.42. The molecule has 2 atom stereocenters. The van der Waals surface area contributed by atoms with E-state index in [1.54, 1.807) is 0 Å². The van der Waals surface area contributed by atoms with E-state index in [0.717, 1.165) is 6.42 Å². The lowest BCUT2D eigenvalue weighted by Gasteiger charge is -2.35. The van der Waals surface area contributed by atoms with Crippen LogP contribution in [0, 0.1) is 11.8 Å². The van der Waals surface area contributed by atoms with Gasteiger partial charge in [0.1, 0.15) is 0 Å². The van der Waals surface area contributed by atoms with Gasteiger partial charge in [-0.3, -0.25) is 0 Å². The number of aryl methyl sites for hydroxylation is 1. The number of benzene rings is 1. The molecule has 2 unspecified atom stereocenters. The number of hydrogen-bond acceptors (Lipinski definition) is 2. The summed E-state index contributed by atoms with van der Waals surface area (Å²) in [5, 5.41) is 0. The monoisotopic (exact) mass is 340 g/mol. The van der Waals surface area contributed by atoms with Crippen molar-refractivity contribution >= 4 is 12.6 Å². The van der Waals surface area contributed by atoms with Crippen LogP contribution in [0.5, 0.6) is 0 Å². The van der Waals surface area contributed by atoms with Crippen molar-refractivity contribution in [1.82, 2.24) is 0 Å². The zero-order valence-electron chi connectivity index (χ0n) is 15.8. The van der Waals surface area contributed by atoms with Crippen molar-refractivity contribution in [3.05, 3.63) is 29.8 Å². The van der Waals surface area contributed by atoms with Crippen molar-refractivity contribution in [3.8, 4) is 0 Å². The first-order valence-electron chi connectivity index (χ1n) is 10.7. The molecule has 0 spiro atoms. The van der Waals surface area contributed by atoms with E-state index in [0.29, 0.717) is 24.0 Å². The van der Waals surface area contributed by atoms with Crippen LogP contribution >= 0.6 is 0 Å². The molecule has 0 aromatic heterocycles. The van der Waals surface area contributed by atoms with Gasteiger partial charge in [-0.1, -0.05) is 69.7 Å². The van der Waals surface area contributed by atoms with Crippen LogP contribution in [0.15, 0.2) is 24.3 Å². The Labute approximate surface area is 153 Å². The summed E-state index contributed by atoms with van der Waals surface area (Å²) in [6.45, 7) is 2.20. The van der Waals surface area contributed by atoms with Crippen molar-refractivity contribution in [2.45, 2.75) is 89.8 Å². The third-order valence-corrected chi connectivity index (χ3v) is 6.77. The Morgan fingerprint density at radius 1 is 0.760 bits per heavy atom. The van der Waals surface area contributed by atoms with Gasteiger partial charge in [-0.2, -0.15) is 0 Å². The molecule has 1 saturated heterocycles. The van der Waals surface area contributed by atoms with Crippen molar-refractivity contribution < 1.29 is 9.31 Å². The molecule has 25 heavy (non-hydrogen) atoms. The van der Waals surface area contributed by atoms with E-state index in [4.69, 9.17) is 9.31 Å². The summed E-state index contributed by atoms with van der Waals surface area (Å²) in [7, 11) is -0.148. The highest BCUT2D eigenvalue weighted by atomic mass is 16.7. The van der Waals surface area contributed by atoms with Crippen molar-refractivity contribution in [2.24, 2.45) is 11.8 Å². The van der Waals surface area contributed by atoms with Crippen LogP contribution in [0.2, 0.25) is 0 Å². The first kappa shape index (κ1) is 17.6. The molecule has 3 heteroatoms. The summed E-state index contributed by atoms with van der Waals surface area (Å²) in [4.78, 5) is 0. The molecule has 136 valence electrons. The lowest BCUT2D eigenvalue weighted by molar-refractivity contribution is 0.0324. The van der Waals surface area contributed by atoms with Gasteiger partial charge in [0.05, 0.1) is 12.2 Å². The molecular weight excluding hydrogens is 307 g/mol. The fourth-order valence-corrected chi connectivity index (χ4v) is 5.22. The Kier molecular flexibility index (Phi) is 5.82. The van der Waals surface area contributed by atoms with E-state index in [1.807, 2.05) is 0 Å². The molecule has 1 heterocycles. The fraction of sp³-hybridized carbons (Fsp3) is 0.727. The van der Waals surface area contributed by atoms with E-state index >= 15 is 0 Å². The van der Waals surface area contributed by atoms with Crippen molar-refractivity contribution in [1.29, 1.82) is 0 Å². The van der Waals surface area contributed by atoms with E-state index in [9.17, 15) is 0 Å². The molecule has 0 N–H and O–H groups in total. The zero-order valence-corrected chi connectivity index (χ0v) is 15.8. The Morgan fingerprint density at radius 2 is 1.24 bits per heavy atom. The van der Waals surface area contributed by atoms with Crippen LogP contribution in [0.1, 0.15) is 76.7 Å². The summed E-state index contributed by atoms with van der Waals surface area (Å²) < 4.78 is 13.2. The van der Waals surface area contributed by atoms with E-state index < -0.39 is 0 Å². The molecule has 3 aliphatic rings. The van der Waals surface area contributed by atoms with E-state index in [2.05, 4.69) is 31.2 Å². The minimum atomic E-state index is -0.148. The number of hydrogen-bond donors (Lipinski definition) is 0. The van der Waals surface area contributed by atoms with Gasteiger partial charge in [0.2, 0.25) is 0 Å². The maximum atomic E-state index is 6.60. The van der Waals surface area contributed by atoms with Gasteiger partial charge in [-0.15, -0.1) is 0 Å². The summed E-state index contributed by atoms with van der Waals surface area (Å²) >= 11 is 0. The molecule has 0 radical (unpaired) electrons. The van der Waals surface area contributed by atoms with Gasteiger partial charge in [0, 0.05) is 0 Å². The Bertz CT molecular complexity index is 505. The Morgan fingerprint density at radius 3 is 1.68 bits per heavy atom. The maximum absolute atomic E-state index is 6.60. The van der Waals surface area contributed by atoms with Gasteiger partial charge in [-0.05, 0) is 55.0 Å². The molecule has 3 fully saturated rings. The second kappa shape index (κ2) is 8.27. The molecule has 0 amide bonds. The highest BCUT2D eigenvalue weighted by Crippen LogP contribution is 2.40. The highest BCUT2D eigenvalue weighted by Gasteiger charge is 2.47. The predicted octanol–water partition coefficient (Wildman–Crippen LogP) is 4.89. The van der Waals surface area contributed by atoms with Gasteiger partial charge in [0.25, 0.3) is 0 Å². The van der Waals surface area contributed by atoms with Crippen LogP contribution in [-0.2, 0) is 15.7 Å². The van der Waals surface area contributed by atoms with E-state index in [1.165, 1.54) is 75.2 Å². The SMILES string of the molecule is CCc1ccc(B2OC(C3CCCCC3)C(C3CCCCC3)O2)cc1. The molecule has 2 nitrogen and oxygen atoms in total. The van der Waals surface area contributed by atoms with Crippen LogP contribution < -0.4 is 5.46 Å². The third-order valence-electron chi connectivity index (χ3n) is 6.77. The molecule has 1 aromatic carbocycles. The fourth-order valence-electron chi connectivity index (χ4n) is 5.22. The minimum absolute atomic E-state index is 0.148.